The molecular weight excluding hydrogens is 557 g/mol. The number of amides is 1. The number of nitrogens with one attached hydrogen (secondary N) is 4. The summed E-state index contributed by atoms with van der Waals surface area (Å²) in [6, 6.07) is -0.405. The molecule has 2 fully saturated rings. The smallest absolute Gasteiger partial charge is 0.352 e. The minimum atomic E-state index is -1.24. The molecule has 0 bridgehead atoms. The summed E-state index contributed by atoms with van der Waals surface area (Å²) in [5, 5.41) is 40.8. The monoisotopic (exact) mass is 587 g/mol. The van der Waals surface area contributed by atoms with Gasteiger partial charge < -0.3 is 36.3 Å². The number of oxime groups is 1. The number of carboxylic acid groups (broad SMARTS) is 1. The largest absolute Gasteiger partial charge is 0.477 e. The van der Waals surface area contributed by atoms with Gasteiger partial charge in [0.15, 0.2) is 11.4 Å². The second-order valence-electron chi connectivity index (χ2n) is 8.44. The van der Waals surface area contributed by atoms with Gasteiger partial charge in [-0.25, -0.2) is 9.18 Å². The molecule has 0 saturated carbocycles. The first-order valence-corrected chi connectivity index (χ1v) is 13.8. The molecular formula is C20H30FN11O5S2. The van der Waals surface area contributed by atoms with Gasteiger partial charge in [-0.15, -0.1) is 11.8 Å². The van der Waals surface area contributed by atoms with E-state index >= 15 is 0 Å². The first-order valence-electron chi connectivity index (χ1n) is 12.0. The van der Waals surface area contributed by atoms with Crippen molar-refractivity contribution in [2.45, 2.75) is 17.7 Å². The molecule has 1 amide bonds. The van der Waals surface area contributed by atoms with E-state index in [9.17, 15) is 19.1 Å². The number of hydrogen-bond acceptors (Lipinski definition) is 16. The number of alkyl halides is 1. The van der Waals surface area contributed by atoms with Gasteiger partial charge in [0, 0.05) is 55.6 Å². The second-order valence-corrected chi connectivity index (χ2v) is 10.3. The van der Waals surface area contributed by atoms with Crippen molar-refractivity contribution in [3.63, 3.8) is 0 Å². The number of nitrogens with two attached hydrogens (primary N) is 1. The number of aliphatic hydroxyl groups excluding tert-OH is 1. The van der Waals surface area contributed by atoms with Crippen molar-refractivity contribution in [3.8, 4) is 0 Å². The zero-order valence-corrected chi connectivity index (χ0v) is 22.4. The Morgan fingerprint density at radius 1 is 1.36 bits per heavy atom. The summed E-state index contributed by atoms with van der Waals surface area (Å²) in [4.78, 5) is 35.0. The Bertz CT molecular complexity index is 1120. The lowest BCUT2D eigenvalue weighted by Gasteiger charge is -2.51. The van der Waals surface area contributed by atoms with Crippen LogP contribution in [0.5, 0.6) is 0 Å². The number of aliphatic hydroxyl groups is 1. The normalized spacial score (nSPS) is 23.2. The van der Waals surface area contributed by atoms with Gasteiger partial charge in [-0.05, 0) is 0 Å². The Balaban J connectivity index is 1.38. The van der Waals surface area contributed by atoms with Crippen LogP contribution in [0.25, 0.3) is 0 Å². The summed E-state index contributed by atoms with van der Waals surface area (Å²) in [6.07, 6.45) is 1.38. The standard InChI is InChI=1S/C20H30FN11O5S2/c21-10-37-29-13(15-28-19(22)39-30-15)16(34)27-12-8-31-14(18(35)36)11(9-38-17(12)31)7-26-32-5-3-25-20(32)24-2-1-23-4-6-33/h7,12,17,20,23-25,33H,1-6,8-10H2,(H,27,34)(H,35,36)(H2,22,28,30)/b26-7+,29-13+. The number of hydrogen-bond donors (Lipinski definition) is 7. The number of carbonyl (C=O) groups is 2. The fraction of sp³-hybridized carbons (Fsp3) is 0.600. The molecule has 2 saturated heterocycles. The van der Waals surface area contributed by atoms with Crippen molar-refractivity contribution in [1.29, 1.82) is 0 Å². The Hall–Kier alpha value is -3.10. The lowest BCUT2D eigenvalue weighted by atomic mass is 10.0. The van der Waals surface area contributed by atoms with Crippen LogP contribution in [0, 0.1) is 0 Å². The number of aliphatic carboxylic acids is 1. The van der Waals surface area contributed by atoms with E-state index in [0.717, 1.165) is 18.1 Å². The molecule has 4 heterocycles. The molecule has 3 unspecified atom stereocenters. The van der Waals surface area contributed by atoms with Crippen LogP contribution in [0.2, 0.25) is 0 Å². The first-order chi connectivity index (χ1) is 18.9. The Morgan fingerprint density at radius 2 is 2.21 bits per heavy atom. The summed E-state index contributed by atoms with van der Waals surface area (Å²) >= 11 is 2.32. The average Bonchev–Trinajstić information content (AvgIpc) is 3.54. The van der Waals surface area contributed by atoms with Crippen LogP contribution in [0.1, 0.15) is 5.82 Å². The van der Waals surface area contributed by atoms with E-state index < -0.39 is 24.8 Å². The van der Waals surface area contributed by atoms with Crippen LogP contribution >= 0.6 is 23.3 Å². The molecule has 4 rings (SSSR count). The van der Waals surface area contributed by atoms with E-state index in [1.165, 1.54) is 11.8 Å². The molecule has 1 aromatic heterocycles. The third-order valence-corrected chi connectivity index (χ3v) is 7.85. The van der Waals surface area contributed by atoms with Crippen molar-refractivity contribution in [1.82, 2.24) is 40.5 Å². The molecule has 1 aromatic rings. The van der Waals surface area contributed by atoms with Gasteiger partial charge in [-0.1, -0.05) is 5.16 Å². The highest BCUT2D eigenvalue weighted by molar-refractivity contribution is 8.00. The van der Waals surface area contributed by atoms with Gasteiger partial charge in [-0.3, -0.25) is 20.4 Å². The molecule has 3 aliphatic rings. The molecule has 0 spiro atoms. The number of aromatic nitrogens is 2. The second kappa shape index (κ2) is 13.8. The Morgan fingerprint density at radius 3 is 2.92 bits per heavy atom. The summed E-state index contributed by atoms with van der Waals surface area (Å²) in [5.74, 6) is -1.49. The molecule has 3 atom stereocenters. The molecule has 3 aliphatic heterocycles. The molecule has 19 heteroatoms. The zero-order chi connectivity index (χ0) is 27.8. The van der Waals surface area contributed by atoms with Crippen LogP contribution in [-0.2, 0) is 14.4 Å². The molecule has 0 radical (unpaired) electrons. The predicted octanol–water partition coefficient (Wildman–Crippen LogP) is -2.67. The van der Waals surface area contributed by atoms with Gasteiger partial charge in [0.25, 0.3) is 12.8 Å². The zero-order valence-electron chi connectivity index (χ0n) is 20.7. The molecule has 16 nitrogen and oxygen atoms in total. The highest BCUT2D eigenvalue weighted by Gasteiger charge is 2.47. The summed E-state index contributed by atoms with van der Waals surface area (Å²) in [7, 11) is 0. The van der Waals surface area contributed by atoms with E-state index in [0.29, 0.717) is 37.5 Å². The molecule has 0 aromatic carbocycles. The fourth-order valence-corrected chi connectivity index (χ4v) is 5.91. The van der Waals surface area contributed by atoms with E-state index in [1.54, 1.807) is 11.1 Å². The number of rotatable bonds is 14. The van der Waals surface area contributed by atoms with Crippen molar-refractivity contribution in [2.24, 2.45) is 10.3 Å². The maximum absolute atomic E-state index is 12.9. The molecule has 214 valence electrons. The van der Waals surface area contributed by atoms with E-state index in [2.05, 4.69) is 45.7 Å². The molecule has 0 aliphatic carbocycles. The summed E-state index contributed by atoms with van der Waals surface area (Å²) < 4.78 is 16.4. The summed E-state index contributed by atoms with van der Waals surface area (Å²) in [6.45, 7) is 2.30. The lowest BCUT2D eigenvalue weighted by Crippen LogP contribution is -2.67. The third-order valence-electron chi connectivity index (χ3n) is 5.90. The fourth-order valence-electron chi connectivity index (χ4n) is 4.15. The number of nitrogens with zero attached hydrogens (tertiary/aromatic N) is 6. The van der Waals surface area contributed by atoms with Gasteiger partial charge in [0.2, 0.25) is 11.5 Å². The van der Waals surface area contributed by atoms with Crippen molar-refractivity contribution >= 4 is 52.2 Å². The van der Waals surface area contributed by atoms with E-state index in [1.807, 2.05) is 5.01 Å². The first kappa shape index (κ1) is 28.9. The van der Waals surface area contributed by atoms with Crippen molar-refractivity contribution in [3.05, 3.63) is 17.1 Å². The topological polar surface area (TPSA) is 215 Å². The number of nitrogen functional groups attached to an aromatic ring is 1. The number of hydrazone groups is 1. The Kier molecular flexibility index (Phi) is 10.2. The number of halogens is 1. The Labute approximate surface area is 231 Å². The maximum Gasteiger partial charge on any atom is 0.352 e. The van der Waals surface area contributed by atoms with E-state index in [-0.39, 0.29) is 47.2 Å². The highest BCUT2D eigenvalue weighted by atomic mass is 32.2. The summed E-state index contributed by atoms with van der Waals surface area (Å²) in [5.41, 5.74) is 5.94. The van der Waals surface area contributed by atoms with Crippen LogP contribution < -0.4 is 27.0 Å². The lowest BCUT2D eigenvalue weighted by molar-refractivity contribution is -0.135. The van der Waals surface area contributed by atoms with Crippen molar-refractivity contribution < 1.29 is 29.0 Å². The SMILES string of the molecule is Nc1nc(/C(=N\OCF)C(=O)NC2CN3C(C(=O)O)=C(/C=N/N4CCNC4NCCNCCO)CSC23)ns1. The highest BCUT2D eigenvalue weighted by Crippen LogP contribution is 2.39. The van der Waals surface area contributed by atoms with Crippen molar-refractivity contribution in [2.75, 3.05) is 64.2 Å². The van der Waals surface area contributed by atoms with Crippen LogP contribution in [-0.4, -0.2) is 129 Å². The minimum Gasteiger partial charge on any atom is -0.477 e. The van der Waals surface area contributed by atoms with Gasteiger partial charge in [0.1, 0.15) is 5.70 Å². The number of thioether (sulfide) groups is 1. The van der Waals surface area contributed by atoms with E-state index in [4.69, 9.17) is 10.8 Å². The number of carboxylic acids is 1. The van der Waals surface area contributed by atoms with Crippen LogP contribution in [0.4, 0.5) is 9.52 Å². The van der Waals surface area contributed by atoms with Gasteiger partial charge >= 0.3 is 5.97 Å². The minimum absolute atomic E-state index is 0.0759. The van der Waals surface area contributed by atoms with Gasteiger partial charge in [-0.2, -0.15) is 14.5 Å². The van der Waals surface area contributed by atoms with Crippen LogP contribution in [0.15, 0.2) is 21.5 Å². The number of anilines is 1. The third kappa shape index (κ3) is 7.11. The average molecular weight is 588 g/mol. The maximum atomic E-state index is 12.9. The van der Waals surface area contributed by atoms with Gasteiger partial charge in [0.05, 0.1) is 30.8 Å². The molecule has 8 N–H and O–H groups in total. The predicted molar refractivity (Wildman–Crippen MR) is 142 cm³/mol. The number of carbonyl (C=O) groups excluding carboxylic acids is 1. The molecule has 39 heavy (non-hydrogen) atoms. The quantitative estimate of drug-likeness (QED) is 0.0671. The van der Waals surface area contributed by atoms with Crippen LogP contribution in [0.3, 0.4) is 0 Å². The number of fused-ring (bicyclic) bond motifs is 1.